The number of hydroxylamine groups is 2. The van der Waals surface area contributed by atoms with Gasteiger partial charge in [-0.25, -0.2) is 4.79 Å². The van der Waals surface area contributed by atoms with Crippen LogP contribution < -0.4 is 0 Å². The smallest absolute Gasteiger partial charge is 0.335 e. The molecule has 2 amide bonds. The fourth-order valence-corrected chi connectivity index (χ4v) is 1.21. The number of amides is 2. The number of carbonyl (C=O) groups excluding carboxylic acids is 3. The molecule has 0 saturated carbocycles. The SMILES string of the molecule is COCCOCCC(=O)ON1C(=O)CCC1=O. The van der Waals surface area contributed by atoms with Gasteiger partial charge in [0.25, 0.3) is 11.8 Å². The number of nitrogens with zero attached hydrogens (tertiary/aromatic N) is 1. The average molecular weight is 245 g/mol. The predicted octanol–water partition coefficient (Wildman–Crippen LogP) is -0.353. The van der Waals surface area contributed by atoms with E-state index in [0.29, 0.717) is 18.3 Å². The molecule has 0 radical (unpaired) electrons. The lowest BCUT2D eigenvalue weighted by Crippen LogP contribution is -2.32. The molecule has 1 fully saturated rings. The van der Waals surface area contributed by atoms with Gasteiger partial charge < -0.3 is 14.3 Å². The second-order valence-corrected chi connectivity index (χ2v) is 3.40. The third kappa shape index (κ3) is 4.49. The molecule has 0 aromatic carbocycles. The van der Waals surface area contributed by atoms with E-state index in [-0.39, 0.29) is 25.9 Å². The zero-order valence-electron chi connectivity index (χ0n) is 9.64. The molecule has 1 rings (SSSR count). The normalized spacial score (nSPS) is 15.5. The molecule has 96 valence electrons. The summed E-state index contributed by atoms with van der Waals surface area (Å²) < 4.78 is 9.79. The highest BCUT2D eigenvalue weighted by molar-refractivity contribution is 6.01. The highest BCUT2D eigenvalue weighted by Gasteiger charge is 2.32. The predicted molar refractivity (Wildman–Crippen MR) is 54.5 cm³/mol. The molecule has 0 aromatic heterocycles. The number of rotatable bonds is 7. The van der Waals surface area contributed by atoms with Crippen LogP contribution in [0.3, 0.4) is 0 Å². The van der Waals surface area contributed by atoms with Crippen LogP contribution >= 0.6 is 0 Å². The molecule has 7 nitrogen and oxygen atoms in total. The van der Waals surface area contributed by atoms with Crippen molar-refractivity contribution in [1.82, 2.24) is 5.06 Å². The summed E-state index contributed by atoms with van der Waals surface area (Å²) in [4.78, 5) is 38.1. The first-order chi connectivity index (χ1) is 8.15. The van der Waals surface area contributed by atoms with Crippen molar-refractivity contribution in [2.75, 3.05) is 26.9 Å². The lowest BCUT2D eigenvalue weighted by molar-refractivity contribution is -0.198. The van der Waals surface area contributed by atoms with E-state index in [0.717, 1.165) is 0 Å². The van der Waals surface area contributed by atoms with Crippen molar-refractivity contribution < 1.29 is 28.7 Å². The lowest BCUT2D eigenvalue weighted by atomic mass is 10.4. The van der Waals surface area contributed by atoms with Gasteiger partial charge in [0, 0.05) is 20.0 Å². The van der Waals surface area contributed by atoms with Gasteiger partial charge in [-0.2, -0.15) is 0 Å². The molecule has 7 heteroatoms. The minimum absolute atomic E-state index is 0.0131. The monoisotopic (exact) mass is 245 g/mol. The Morgan fingerprint density at radius 2 is 1.82 bits per heavy atom. The van der Waals surface area contributed by atoms with Crippen LogP contribution in [0.4, 0.5) is 0 Å². The summed E-state index contributed by atoms with van der Waals surface area (Å²) >= 11 is 0. The topological polar surface area (TPSA) is 82.1 Å². The van der Waals surface area contributed by atoms with E-state index in [1.807, 2.05) is 0 Å². The Balaban J connectivity index is 2.16. The maximum absolute atomic E-state index is 11.2. The molecule has 0 aliphatic carbocycles. The van der Waals surface area contributed by atoms with Crippen molar-refractivity contribution in [3.63, 3.8) is 0 Å². The van der Waals surface area contributed by atoms with Gasteiger partial charge in [0.05, 0.1) is 26.2 Å². The molecule has 1 heterocycles. The molecular formula is C10H15NO6. The van der Waals surface area contributed by atoms with Crippen molar-refractivity contribution in [3.8, 4) is 0 Å². The number of ether oxygens (including phenoxy) is 2. The highest BCUT2D eigenvalue weighted by atomic mass is 16.7. The molecule has 1 saturated heterocycles. The van der Waals surface area contributed by atoms with Crippen LogP contribution in [-0.2, 0) is 28.7 Å². The van der Waals surface area contributed by atoms with Crippen LogP contribution in [0.25, 0.3) is 0 Å². The Kier molecular flexibility index (Phi) is 5.58. The molecule has 0 bridgehead atoms. The standard InChI is InChI=1S/C10H15NO6/c1-15-6-7-16-5-4-10(14)17-11-8(12)2-3-9(11)13/h2-7H2,1H3. The summed E-state index contributed by atoms with van der Waals surface area (Å²) in [5.74, 6) is -1.63. The fourth-order valence-electron chi connectivity index (χ4n) is 1.21. The summed E-state index contributed by atoms with van der Waals surface area (Å²) in [6, 6.07) is 0. The summed E-state index contributed by atoms with van der Waals surface area (Å²) in [7, 11) is 1.54. The molecule has 17 heavy (non-hydrogen) atoms. The number of methoxy groups -OCH3 is 1. The fraction of sp³-hybridized carbons (Fsp3) is 0.700. The minimum Gasteiger partial charge on any atom is -0.382 e. The van der Waals surface area contributed by atoms with Crippen LogP contribution in [0.15, 0.2) is 0 Å². The maximum Gasteiger partial charge on any atom is 0.335 e. The second kappa shape index (κ2) is 6.97. The first kappa shape index (κ1) is 13.6. The van der Waals surface area contributed by atoms with E-state index in [4.69, 9.17) is 9.47 Å². The molecule has 0 N–H and O–H groups in total. The van der Waals surface area contributed by atoms with Gasteiger partial charge in [-0.05, 0) is 0 Å². The average Bonchev–Trinajstić information content (AvgIpc) is 2.60. The quantitative estimate of drug-likeness (QED) is 0.450. The van der Waals surface area contributed by atoms with Gasteiger partial charge in [-0.1, -0.05) is 0 Å². The second-order valence-electron chi connectivity index (χ2n) is 3.40. The molecule has 1 aliphatic rings. The molecule has 0 unspecified atom stereocenters. The molecule has 0 aromatic rings. The van der Waals surface area contributed by atoms with Gasteiger partial charge >= 0.3 is 5.97 Å². The number of carbonyl (C=O) groups is 3. The Morgan fingerprint density at radius 1 is 1.18 bits per heavy atom. The number of hydrogen-bond donors (Lipinski definition) is 0. The van der Waals surface area contributed by atoms with Gasteiger partial charge in [0.1, 0.15) is 0 Å². The summed E-state index contributed by atoms with van der Waals surface area (Å²) in [6.07, 6.45) is 0.174. The van der Waals surface area contributed by atoms with Crippen LogP contribution in [0.5, 0.6) is 0 Å². The number of imide groups is 1. The van der Waals surface area contributed by atoms with Crippen molar-refractivity contribution in [3.05, 3.63) is 0 Å². The van der Waals surface area contributed by atoms with E-state index < -0.39 is 17.8 Å². The van der Waals surface area contributed by atoms with Gasteiger partial charge in [0.2, 0.25) is 0 Å². The molecule has 0 atom stereocenters. The molecular weight excluding hydrogens is 230 g/mol. The van der Waals surface area contributed by atoms with Crippen LogP contribution in [0.1, 0.15) is 19.3 Å². The van der Waals surface area contributed by atoms with E-state index >= 15 is 0 Å². The third-order valence-corrected chi connectivity index (χ3v) is 2.08. The zero-order valence-corrected chi connectivity index (χ0v) is 9.64. The maximum atomic E-state index is 11.2. The summed E-state index contributed by atoms with van der Waals surface area (Å²) in [5, 5.41) is 0.525. The van der Waals surface area contributed by atoms with Gasteiger partial charge in [-0.3, -0.25) is 9.59 Å². The minimum atomic E-state index is -0.661. The van der Waals surface area contributed by atoms with Crippen LogP contribution in [0, 0.1) is 0 Å². The Labute approximate surface area is 98.6 Å². The van der Waals surface area contributed by atoms with Crippen molar-refractivity contribution in [2.24, 2.45) is 0 Å². The molecule has 0 spiro atoms. The Morgan fingerprint density at radius 3 is 2.41 bits per heavy atom. The van der Waals surface area contributed by atoms with Crippen LogP contribution in [0.2, 0.25) is 0 Å². The Bertz CT molecular complexity index is 287. The number of hydrogen-bond acceptors (Lipinski definition) is 6. The van der Waals surface area contributed by atoms with Crippen molar-refractivity contribution in [1.29, 1.82) is 0 Å². The summed E-state index contributed by atoms with van der Waals surface area (Å²) in [6.45, 7) is 0.988. The third-order valence-electron chi connectivity index (χ3n) is 2.08. The zero-order chi connectivity index (χ0) is 12.7. The lowest BCUT2D eigenvalue weighted by Gasteiger charge is -2.12. The first-order valence-corrected chi connectivity index (χ1v) is 5.28. The highest BCUT2D eigenvalue weighted by Crippen LogP contribution is 2.12. The van der Waals surface area contributed by atoms with E-state index in [2.05, 4.69) is 4.84 Å². The van der Waals surface area contributed by atoms with E-state index in [1.165, 1.54) is 0 Å². The largest absolute Gasteiger partial charge is 0.382 e. The van der Waals surface area contributed by atoms with E-state index in [1.54, 1.807) is 7.11 Å². The summed E-state index contributed by atoms with van der Waals surface area (Å²) in [5.41, 5.74) is 0. The molecule has 1 aliphatic heterocycles. The Hall–Kier alpha value is -1.47. The van der Waals surface area contributed by atoms with Gasteiger partial charge in [0.15, 0.2) is 0 Å². The first-order valence-electron chi connectivity index (χ1n) is 5.28. The van der Waals surface area contributed by atoms with Gasteiger partial charge in [-0.15, -0.1) is 5.06 Å². The van der Waals surface area contributed by atoms with E-state index in [9.17, 15) is 14.4 Å². The van der Waals surface area contributed by atoms with Crippen LogP contribution in [-0.4, -0.2) is 49.8 Å². The van der Waals surface area contributed by atoms with Crippen molar-refractivity contribution >= 4 is 17.8 Å². The van der Waals surface area contributed by atoms with Crippen molar-refractivity contribution in [2.45, 2.75) is 19.3 Å².